The van der Waals surface area contributed by atoms with Gasteiger partial charge in [0, 0.05) is 16.6 Å². The highest BCUT2D eigenvalue weighted by Gasteiger charge is 2.11. The Hall–Kier alpha value is -0.450. The monoisotopic (exact) mass is 337 g/mol. The van der Waals surface area contributed by atoms with Gasteiger partial charge < -0.3 is 14.8 Å². The SMILES string of the molecule is CCCNCc1cc(Br)cc(OC)c1OCC.Cl. The minimum atomic E-state index is 0. The standard InChI is InChI=1S/C13H20BrNO2.ClH/c1-4-6-15-9-10-7-11(14)8-12(16-3)13(10)17-5-2;/h7-8,15H,4-6,9H2,1-3H3;1H. The summed E-state index contributed by atoms with van der Waals surface area (Å²) in [4.78, 5) is 0. The Morgan fingerprint density at radius 3 is 2.56 bits per heavy atom. The van der Waals surface area contributed by atoms with Crippen LogP contribution in [0, 0.1) is 0 Å². The second kappa shape index (κ2) is 9.48. The summed E-state index contributed by atoms with van der Waals surface area (Å²) >= 11 is 3.48. The van der Waals surface area contributed by atoms with Crippen molar-refractivity contribution in [3.63, 3.8) is 0 Å². The fraction of sp³-hybridized carbons (Fsp3) is 0.538. The van der Waals surface area contributed by atoms with Crippen LogP contribution < -0.4 is 14.8 Å². The van der Waals surface area contributed by atoms with E-state index in [2.05, 4.69) is 34.2 Å². The molecule has 0 saturated carbocycles. The molecule has 0 saturated heterocycles. The second-order valence-electron chi connectivity index (χ2n) is 3.71. The van der Waals surface area contributed by atoms with Crippen molar-refractivity contribution in [2.75, 3.05) is 20.3 Å². The van der Waals surface area contributed by atoms with Gasteiger partial charge in [0.05, 0.1) is 13.7 Å². The lowest BCUT2D eigenvalue weighted by Crippen LogP contribution is -2.15. The van der Waals surface area contributed by atoms with Gasteiger partial charge in [0.15, 0.2) is 11.5 Å². The largest absolute Gasteiger partial charge is 0.493 e. The van der Waals surface area contributed by atoms with Crippen molar-refractivity contribution in [3.05, 3.63) is 22.2 Å². The minimum absolute atomic E-state index is 0. The maximum Gasteiger partial charge on any atom is 0.165 e. The third-order valence-corrected chi connectivity index (χ3v) is 2.81. The lowest BCUT2D eigenvalue weighted by Gasteiger charge is -2.15. The zero-order chi connectivity index (χ0) is 12.7. The summed E-state index contributed by atoms with van der Waals surface area (Å²) < 4.78 is 12.0. The molecule has 3 nitrogen and oxygen atoms in total. The quantitative estimate of drug-likeness (QED) is 0.768. The molecule has 18 heavy (non-hydrogen) atoms. The topological polar surface area (TPSA) is 30.5 Å². The maximum absolute atomic E-state index is 5.66. The molecule has 0 aliphatic heterocycles. The smallest absolute Gasteiger partial charge is 0.165 e. The van der Waals surface area contributed by atoms with E-state index in [4.69, 9.17) is 9.47 Å². The van der Waals surface area contributed by atoms with Crippen molar-refractivity contribution in [1.29, 1.82) is 0 Å². The first kappa shape index (κ1) is 17.6. The average molecular weight is 339 g/mol. The molecular formula is C13H21BrClNO2. The van der Waals surface area contributed by atoms with Gasteiger partial charge in [0.1, 0.15) is 0 Å². The van der Waals surface area contributed by atoms with Gasteiger partial charge in [-0.15, -0.1) is 12.4 Å². The number of rotatable bonds is 7. The van der Waals surface area contributed by atoms with Gasteiger partial charge in [0.25, 0.3) is 0 Å². The molecule has 1 rings (SSSR count). The number of benzene rings is 1. The number of hydrogen-bond acceptors (Lipinski definition) is 3. The van der Waals surface area contributed by atoms with Crippen LogP contribution in [0.25, 0.3) is 0 Å². The molecule has 104 valence electrons. The molecule has 1 aromatic rings. The highest BCUT2D eigenvalue weighted by Crippen LogP contribution is 2.34. The summed E-state index contributed by atoms with van der Waals surface area (Å²) in [7, 11) is 1.66. The van der Waals surface area contributed by atoms with E-state index in [9.17, 15) is 0 Å². The lowest BCUT2D eigenvalue weighted by molar-refractivity contribution is 0.306. The normalized spacial score (nSPS) is 9.78. The first-order valence-electron chi connectivity index (χ1n) is 5.92. The number of hydrogen-bond donors (Lipinski definition) is 1. The molecule has 0 spiro atoms. The van der Waals surface area contributed by atoms with Gasteiger partial charge >= 0.3 is 0 Å². The number of ether oxygens (including phenoxy) is 2. The van der Waals surface area contributed by atoms with Gasteiger partial charge in [0.2, 0.25) is 0 Å². The molecule has 1 aromatic carbocycles. The zero-order valence-electron chi connectivity index (χ0n) is 11.1. The third kappa shape index (κ3) is 5.04. The zero-order valence-corrected chi connectivity index (χ0v) is 13.5. The van der Waals surface area contributed by atoms with Crippen molar-refractivity contribution in [3.8, 4) is 11.5 Å². The molecule has 0 unspecified atom stereocenters. The predicted molar refractivity (Wildman–Crippen MR) is 81.1 cm³/mol. The van der Waals surface area contributed by atoms with Crippen molar-refractivity contribution < 1.29 is 9.47 Å². The molecule has 0 fully saturated rings. The van der Waals surface area contributed by atoms with Crippen LogP contribution in [0.3, 0.4) is 0 Å². The fourth-order valence-electron chi connectivity index (χ4n) is 1.61. The molecule has 0 aromatic heterocycles. The van der Waals surface area contributed by atoms with Gasteiger partial charge in [-0.1, -0.05) is 22.9 Å². The summed E-state index contributed by atoms with van der Waals surface area (Å²) in [5.74, 6) is 1.61. The van der Waals surface area contributed by atoms with Gasteiger partial charge in [-0.2, -0.15) is 0 Å². The molecule has 0 atom stereocenters. The highest BCUT2D eigenvalue weighted by atomic mass is 79.9. The molecule has 0 aliphatic rings. The Balaban J connectivity index is 0.00000289. The van der Waals surface area contributed by atoms with Crippen LogP contribution >= 0.6 is 28.3 Å². The summed E-state index contributed by atoms with van der Waals surface area (Å²) in [5, 5.41) is 3.37. The molecule has 0 bridgehead atoms. The van der Waals surface area contributed by atoms with E-state index in [0.717, 1.165) is 41.0 Å². The third-order valence-electron chi connectivity index (χ3n) is 2.35. The first-order valence-corrected chi connectivity index (χ1v) is 6.72. The minimum Gasteiger partial charge on any atom is -0.493 e. The van der Waals surface area contributed by atoms with E-state index in [1.165, 1.54) is 0 Å². The van der Waals surface area contributed by atoms with E-state index in [-0.39, 0.29) is 12.4 Å². The molecule has 0 heterocycles. The van der Waals surface area contributed by atoms with Crippen molar-refractivity contribution in [2.24, 2.45) is 0 Å². The molecule has 5 heteroatoms. The van der Waals surface area contributed by atoms with E-state index in [1.807, 2.05) is 13.0 Å². The van der Waals surface area contributed by atoms with Gasteiger partial charge in [-0.25, -0.2) is 0 Å². The van der Waals surface area contributed by atoms with Crippen molar-refractivity contribution >= 4 is 28.3 Å². The van der Waals surface area contributed by atoms with E-state index in [0.29, 0.717) is 6.61 Å². The van der Waals surface area contributed by atoms with E-state index in [1.54, 1.807) is 7.11 Å². The molecule has 1 N–H and O–H groups in total. The molecular weight excluding hydrogens is 318 g/mol. The van der Waals surface area contributed by atoms with Crippen LogP contribution in [0.4, 0.5) is 0 Å². The van der Waals surface area contributed by atoms with Crippen LogP contribution in [-0.2, 0) is 6.54 Å². The summed E-state index contributed by atoms with van der Waals surface area (Å²) in [6.45, 7) is 6.56. The summed E-state index contributed by atoms with van der Waals surface area (Å²) in [6.07, 6.45) is 1.12. The molecule has 0 radical (unpaired) electrons. The second-order valence-corrected chi connectivity index (χ2v) is 4.62. The van der Waals surface area contributed by atoms with Gasteiger partial charge in [-0.3, -0.25) is 0 Å². The van der Waals surface area contributed by atoms with Crippen LogP contribution in [0.1, 0.15) is 25.8 Å². The Morgan fingerprint density at radius 2 is 2.00 bits per heavy atom. The summed E-state index contributed by atoms with van der Waals surface area (Å²) in [6, 6.07) is 3.99. The maximum atomic E-state index is 5.66. The van der Waals surface area contributed by atoms with Crippen LogP contribution in [0.15, 0.2) is 16.6 Å². The highest BCUT2D eigenvalue weighted by molar-refractivity contribution is 9.10. The Kier molecular flexibility index (Phi) is 9.24. The molecule has 0 aliphatic carbocycles. The van der Waals surface area contributed by atoms with Crippen LogP contribution in [0.5, 0.6) is 11.5 Å². The van der Waals surface area contributed by atoms with Crippen LogP contribution in [0.2, 0.25) is 0 Å². The number of halogens is 2. The van der Waals surface area contributed by atoms with Crippen molar-refractivity contribution in [1.82, 2.24) is 5.32 Å². The van der Waals surface area contributed by atoms with Crippen molar-refractivity contribution in [2.45, 2.75) is 26.8 Å². The van der Waals surface area contributed by atoms with E-state index < -0.39 is 0 Å². The van der Waals surface area contributed by atoms with Gasteiger partial charge in [-0.05, 0) is 32.0 Å². The number of methoxy groups -OCH3 is 1. The Bertz CT molecular complexity index is 361. The average Bonchev–Trinajstić information content (AvgIpc) is 2.32. The molecule has 0 amide bonds. The lowest BCUT2D eigenvalue weighted by atomic mass is 10.2. The first-order chi connectivity index (χ1) is 8.22. The van der Waals surface area contributed by atoms with Crippen LogP contribution in [-0.4, -0.2) is 20.3 Å². The Morgan fingerprint density at radius 1 is 1.28 bits per heavy atom. The summed E-state index contributed by atoms with van der Waals surface area (Å²) in [5.41, 5.74) is 1.12. The fourth-order valence-corrected chi connectivity index (χ4v) is 2.10. The van der Waals surface area contributed by atoms with E-state index >= 15 is 0 Å². The predicted octanol–water partition coefficient (Wildman–Crippen LogP) is 3.78. The Labute approximate surface area is 124 Å². The number of nitrogens with one attached hydrogen (secondary N) is 1.